The van der Waals surface area contributed by atoms with Crippen molar-refractivity contribution in [2.24, 2.45) is 0 Å². The van der Waals surface area contributed by atoms with Crippen LogP contribution in [0.5, 0.6) is 0 Å². The van der Waals surface area contributed by atoms with Gasteiger partial charge in [0.15, 0.2) is 11.5 Å². The first-order valence-corrected chi connectivity index (χ1v) is 9.59. The zero-order valence-corrected chi connectivity index (χ0v) is 16.3. The molecule has 0 radical (unpaired) electrons. The number of amides is 1. The molecular weight excluding hydrogens is 376 g/mol. The van der Waals surface area contributed by atoms with Gasteiger partial charge in [-0.15, -0.1) is 10.2 Å². The van der Waals surface area contributed by atoms with Crippen LogP contribution in [0.1, 0.15) is 21.7 Å². The Morgan fingerprint density at radius 2 is 1.93 bits per heavy atom. The molecular formula is C23H18N6O. The predicted octanol–water partition coefficient (Wildman–Crippen LogP) is 3.29. The van der Waals surface area contributed by atoms with Crippen molar-refractivity contribution in [3.05, 3.63) is 89.9 Å². The molecule has 3 aromatic heterocycles. The summed E-state index contributed by atoms with van der Waals surface area (Å²) in [5.41, 5.74) is 4.94. The molecule has 7 nitrogen and oxygen atoms in total. The van der Waals surface area contributed by atoms with Gasteiger partial charge in [-0.2, -0.15) is 9.61 Å². The molecule has 5 rings (SSSR count). The summed E-state index contributed by atoms with van der Waals surface area (Å²) in [6, 6.07) is 21.3. The third-order valence-corrected chi connectivity index (χ3v) is 5.00. The number of pyridine rings is 1. The van der Waals surface area contributed by atoms with Crippen LogP contribution in [0.3, 0.4) is 0 Å². The third kappa shape index (κ3) is 3.26. The lowest BCUT2D eigenvalue weighted by molar-refractivity contribution is 0.0963. The summed E-state index contributed by atoms with van der Waals surface area (Å²) < 4.78 is 1.76. The van der Waals surface area contributed by atoms with E-state index in [0.717, 1.165) is 33.5 Å². The fraction of sp³-hybridized carbons (Fsp3) is 0.0870. The Kier molecular flexibility index (Phi) is 4.40. The fourth-order valence-electron chi connectivity index (χ4n) is 3.48. The monoisotopic (exact) mass is 394 g/mol. The van der Waals surface area contributed by atoms with E-state index in [2.05, 4.69) is 26.6 Å². The van der Waals surface area contributed by atoms with Crippen LogP contribution in [0.25, 0.3) is 27.8 Å². The van der Waals surface area contributed by atoms with Gasteiger partial charge in [0.2, 0.25) is 0 Å². The van der Waals surface area contributed by atoms with Crippen LogP contribution < -0.4 is 5.32 Å². The van der Waals surface area contributed by atoms with Crippen molar-refractivity contribution in [1.82, 2.24) is 30.1 Å². The molecule has 1 amide bonds. The van der Waals surface area contributed by atoms with Crippen molar-refractivity contribution < 1.29 is 4.79 Å². The molecule has 7 heteroatoms. The molecule has 1 N–H and O–H groups in total. The summed E-state index contributed by atoms with van der Waals surface area (Å²) in [5, 5.41) is 17.1. The van der Waals surface area contributed by atoms with Crippen LogP contribution in [0.4, 0.5) is 0 Å². The summed E-state index contributed by atoms with van der Waals surface area (Å²) in [4.78, 5) is 16.3. The van der Waals surface area contributed by atoms with Crippen molar-refractivity contribution >= 4 is 22.5 Å². The maximum atomic E-state index is 12.0. The zero-order valence-electron chi connectivity index (χ0n) is 16.3. The SMILES string of the molecule is CNC(=O)c1cccc(-c2ccc3nnc(Cc4ccc5ncccc5c4)n3n2)c1. The van der Waals surface area contributed by atoms with Gasteiger partial charge in [0.25, 0.3) is 5.91 Å². The topological polar surface area (TPSA) is 85.1 Å². The standard InChI is InChI=1S/C23H18N6O/c1-24-23(30)18-5-2-4-17(14-18)20-9-10-21-26-27-22(29(21)28-20)13-15-7-8-19-16(12-15)6-3-11-25-19/h2-12,14H,13H2,1H3,(H,24,30). The smallest absolute Gasteiger partial charge is 0.251 e. The van der Waals surface area contributed by atoms with Crippen LogP contribution in [0.2, 0.25) is 0 Å². The first-order chi connectivity index (χ1) is 14.7. The van der Waals surface area contributed by atoms with Gasteiger partial charge in [-0.3, -0.25) is 9.78 Å². The van der Waals surface area contributed by atoms with Gasteiger partial charge in [-0.05, 0) is 48.0 Å². The Hall–Kier alpha value is -4.13. The number of aromatic nitrogens is 5. The summed E-state index contributed by atoms with van der Waals surface area (Å²) in [6.45, 7) is 0. The molecule has 30 heavy (non-hydrogen) atoms. The van der Waals surface area contributed by atoms with Crippen molar-refractivity contribution in [1.29, 1.82) is 0 Å². The van der Waals surface area contributed by atoms with E-state index in [1.165, 1.54) is 0 Å². The fourth-order valence-corrected chi connectivity index (χ4v) is 3.48. The second-order valence-electron chi connectivity index (χ2n) is 6.97. The molecule has 0 saturated heterocycles. The Bertz CT molecular complexity index is 1390. The zero-order chi connectivity index (χ0) is 20.5. The minimum Gasteiger partial charge on any atom is -0.355 e. The van der Waals surface area contributed by atoms with Crippen LogP contribution in [0.15, 0.2) is 72.9 Å². The number of fused-ring (bicyclic) bond motifs is 2. The number of carbonyl (C=O) groups is 1. The second kappa shape index (κ2) is 7.36. The number of rotatable bonds is 4. The minimum atomic E-state index is -0.131. The van der Waals surface area contributed by atoms with Gasteiger partial charge < -0.3 is 5.32 Å². The predicted molar refractivity (Wildman–Crippen MR) is 114 cm³/mol. The molecule has 2 aromatic carbocycles. The normalized spacial score (nSPS) is 11.1. The Labute approximate surface area is 172 Å². The molecule has 0 aliphatic carbocycles. The number of hydrogen-bond acceptors (Lipinski definition) is 5. The number of carbonyl (C=O) groups excluding carboxylic acids is 1. The summed E-state index contributed by atoms with van der Waals surface area (Å²) >= 11 is 0. The Morgan fingerprint density at radius 1 is 1.00 bits per heavy atom. The van der Waals surface area contributed by atoms with Gasteiger partial charge in [-0.25, -0.2) is 0 Å². The summed E-state index contributed by atoms with van der Waals surface area (Å²) in [5.74, 6) is 0.617. The minimum absolute atomic E-state index is 0.131. The number of benzene rings is 2. The highest BCUT2D eigenvalue weighted by atomic mass is 16.1. The molecule has 3 heterocycles. The van der Waals surface area contributed by atoms with Gasteiger partial charge in [-0.1, -0.05) is 24.3 Å². The van der Waals surface area contributed by atoms with E-state index in [4.69, 9.17) is 5.10 Å². The Balaban J connectivity index is 1.52. The lowest BCUT2D eigenvalue weighted by Gasteiger charge is -2.06. The summed E-state index contributed by atoms with van der Waals surface area (Å²) in [6.07, 6.45) is 2.39. The third-order valence-electron chi connectivity index (χ3n) is 5.00. The van der Waals surface area contributed by atoms with E-state index in [-0.39, 0.29) is 5.91 Å². The molecule has 0 spiro atoms. The van der Waals surface area contributed by atoms with E-state index >= 15 is 0 Å². The Morgan fingerprint density at radius 3 is 2.83 bits per heavy atom. The van der Waals surface area contributed by atoms with Crippen LogP contribution in [-0.2, 0) is 6.42 Å². The quantitative estimate of drug-likeness (QED) is 0.506. The van der Waals surface area contributed by atoms with Gasteiger partial charge in [0.05, 0.1) is 11.2 Å². The van der Waals surface area contributed by atoms with E-state index < -0.39 is 0 Å². The van der Waals surface area contributed by atoms with Gasteiger partial charge >= 0.3 is 0 Å². The number of nitrogens with one attached hydrogen (secondary N) is 1. The molecule has 0 aliphatic heterocycles. The molecule has 0 aliphatic rings. The first-order valence-electron chi connectivity index (χ1n) is 9.59. The van der Waals surface area contributed by atoms with E-state index in [9.17, 15) is 4.79 Å². The van der Waals surface area contributed by atoms with Crippen molar-refractivity contribution in [2.75, 3.05) is 7.05 Å². The second-order valence-corrected chi connectivity index (χ2v) is 6.97. The van der Waals surface area contributed by atoms with Crippen LogP contribution in [0, 0.1) is 0 Å². The van der Waals surface area contributed by atoms with Gasteiger partial charge in [0.1, 0.15) is 0 Å². The first kappa shape index (κ1) is 17.9. The van der Waals surface area contributed by atoms with Gasteiger partial charge in [0, 0.05) is 36.2 Å². The molecule has 0 unspecified atom stereocenters. The van der Waals surface area contributed by atoms with E-state index in [0.29, 0.717) is 17.6 Å². The average Bonchev–Trinajstić information content (AvgIpc) is 3.20. The lowest BCUT2D eigenvalue weighted by atomic mass is 10.1. The van der Waals surface area contributed by atoms with Crippen LogP contribution >= 0.6 is 0 Å². The highest BCUT2D eigenvalue weighted by molar-refractivity contribution is 5.95. The molecule has 0 bridgehead atoms. The van der Waals surface area contributed by atoms with Crippen LogP contribution in [-0.4, -0.2) is 37.8 Å². The van der Waals surface area contributed by atoms with Crippen molar-refractivity contribution in [3.8, 4) is 11.3 Å². The molecule has 5 aromatic rings. The maximum absolute atomic E-state index is 12.0. The largest absolute Gasteiger partial charge is 0.355 e. The van der Waals surface area contributed by atoms with E-state index in [1.807, 2.05) is 54.6 Å². The molecule has 0 fully saturated rings. The number of nitrogens with zero attached hydrogens (tertiary/aromatic N) is 5. The highest BCUT2D eigenvalue weighted by Gasteiger charge is 2.11. The van der Waals surface area contributed by atoms with Crippen molar-refractivity contribution in [3.63, 3.8) is 0 Å². The molecule has 146 valence electrons. The summed E-state index contributed by atoms with van der Waals surface area (Å²) in [7, 11) is 1.62. The number of hydrogen-bond donors (Lipinski definition) is 1. The van der Waals surface area contributed by atoms with Crippen molar-refractivity contribution in [2.45, 2.75) is 6.42 Å². The maximum Gasteiger partial charge on any atom is 0.251 e. The lowest BCUT2D eigenvalue weighted by Crippen LogP contribution is -2.17. The molecule has 0 saturated carbocycles. The highest BCUT2D eigenvalue weighted by Crippen LogP contribution is 2.20. The average molecular weight is 394 g/mol. The molecule has 0 atom stereocenters. The van der Waals surface area contributed by atoms with E-state index in [1.54, 1.807) is 23.8 Å².